The molecule has 22 heavy (non-hydrogen) atoms. The predicted molar refractivity (Wildman–Crippen MR) is 83.9 cm³/mol. The van der Waals surface area contributed by atoms with Crippen molar-refractivity contribution >= 4 is 0 Å². The van der Waals surface area contributed by atoms with Crippen LogP contribution in [0.3, 0.4) is 0 Å². The molecule has 4 fully saturated rings. The second-order valence-electron chi connectivity index (χ2n) is 8.14. The summed E-state index contributed by atoms with van der Waals surface area (Å²) in [5.74, 6) is 2.54. The van der Waals surface area contributed by atoms with Gasteiger partial charge in [-0.15, -0.1) is 0 Å². The molecular formula is C19H23N3. The maximum atomic E-state index is 9.75. The Morgan fingerprint density at radius 1 is 0.864 bits per heavy atom. The minimum atomic E-state index is 0.0390. The number of hydrogen-bond acceptors (Lipinski definition) is 3. The van der Waals surface area contributed by atoms with E-state index >= 15 is 0 Å². The van der Waals surface area contributed by atoms with E-state index < -0.39 is 0 Å². The molecule has 5 aliphatic rings. The van der Waals surface area contributed by atoms with Crippen molar-refractivity contribution in [1.29, 1.82) is 10.5 Å². The Balaban J connectivity index is 1.84. The smallest absolute Gasteiger partial charge is 0.0972 e. The first kappa shape index (κ1) is 13.9. The molecule has 0 unspecified atom stereocenters. The van der Waals surface area contributed by atoms with Crippen LogP contribution in [0.25, 0.3) is 0 Å². The van der Waals surface area contributed by atoms with Gasteiger partial charge in [0, 0.05) is 17.3 Å². The van der Waals surface area contributed by atoms with Gasteiger partial charge in [0.1, 0.15) is 0 Å². The summed E-state index contributed by atoms with van der Waals surface area (Å²) < 4.78 is 0. The number of dihydropyridines is 1. The van der Waals surface area contributed by atoms with Gasteiger partial charge in [0.05, 0.1) is 23.3 Å². The maximum absolute atomic E-state index is 9.75. The Labute approximate surface area is 132 Å². The molecule has 0 aromatic rings. The Morgan fingerprint density at radius 3 is 1.64 bits per heavy atom. The topological polar surface area (TPSA) is 59.6 Å². The van der Waals surface area contributed by atoms with Crippen LogP contribution in [0.15, 0.2) is 22.5 Å². The van der Waals surface area contributed by atoms with Gasteiger partial charge >= 0.3 is 0 Å². The van der Waals surface area contributed by atoms with Crippen LogP contribution in [0.5, 0.6) is 0 Å². The average Bonchev–Trinajstić information content (AvgIpc) is 2.45. The first-order valence-corrected chi connectivity index (χ1v) is 8.55. The summed E-state index contributed by atoms with van der Waals surface area (Å²) in [5.41, 5.74) is 3.74. The van der Waals surface area contributed by atoms with Crippen molar-refractivity contribution in [2.24, 2.45) is 29.1 Å². The van der Waals surface area contributed by atoms with E-state index in [2.05, 4.69) is 17.5 Å². The van der Waals surface area contributed by atoms with Crippen molar-refractivity contribution < 1.29 is 0 Å². The lowest BCUT2D eigenvalue weighted by Gasteiger charge is -2.60. The quantitative estimate of drug-likeness (QED) is 0.794. The third-order valence-corrected chi connectivity index (χ3v) is 6.70. The fourth-order valence-corrected chi connectivity index (χ4v) is 6.43. The molecule has 3 heteroatoms. The third kappa shape index (κ3) is 1.78. The second kappa shape index (κ2) is 4.63. The minimum Gasteiger partial charge on any atom is -0.361 e. The number of nitrogens with one attached hydrogen (secondary N) is 1. The summed E-state index contributed by atoms with van der Waals surface area (Å²) >= 11 is 0. The SMILES string of the molecule is CC1=C(C#N)C(C23CC4CC(CC(C4)C2)C3)C(C#N)=C(C)N1. The van der Waals surface area contributed by atoms with Crippen LogP contribution in [0.1, 0.15) is 52.4 Å². The fourth-order valence-electron chi connectivity index (χ4n) is 6.43. The van der Waals surface area contributed by atoms with Crippen LogP contribution in [0, 0.1) is 51.7 Å². The number of nitrogens with zero attached hydrogens (tertiary/aromatic N) is 2. The summed E-state index contributed by atoms with van der Waals surface area (Å²) in [5, 5.41) is 22.8. The highest BCUT2D eigenvalue weighted by molar-refractivity contribution is 5.49. The summed E-state index contributed by atoms with van der Waals surface area (Å²) in [6, 6.07) is 4.89. The molecule has 0 radical (unpaired) electrons. The van der Waals surface area contributed by atoms with Crippen LogP contribution in [0.4, 0.5) is 0 Å². The molecule has 4 aliphatic carbocycles. The Hall–Kier alpha value is -1.74. The minimum absolute atomic E-state index is 0.0390. The Kier molecular flexibility index (Phi) is 2.92. The van der Waals surface area contributed by atoms with Gasteiger partial charge in [-0.3, -0.25) is 0 Å². The molecule has 0 aromatic heterocycles. The normalized spacial score (nSPS) is 40.5. The number of rotatable bonds is 1. The van der Waals surface area contributed by atoms with Crippen molar-refractivity contribution in [2.45, 2.75) is 52.4 Å². The van der Waals surface area contributed by atoms with Gasteiger partial charge < -0.3 is 5.32 Å². The standard InChI is InChI=1S/C19H23N3/c1-11-16(9-20)18(17(10-21)12(2)22-11)19-6-13-3-14(7-19)5-15(4-13)8-19/h13-15,18,22H,3-8H2,1-2H3. The van der Waals surface area contributed by atoms with E-state index in [0.717, 1.165) is 40.3 Å². The molecule has 4 saturated carbocycles. The van der Waals surface area contributed by atoms with Crippen molar-refractivity contribution in [3.63, 3.8) is 0 Å². The van der Waals surface area contributed by atoms with Gasteiger partial charge in [-0.2, -0.15) is 10.5 Å². The largest absolute Gasteiger partial charge is 0.361 e. The van der Waals surface area contributed by atoms with E-state index in [1.54, 1.807) is 0 Å². The van der Waals surface area contributed by atoms with E-state index in [1.165, 1.54) is 38.5 Å². The van der Waals surface area contributed by atoms with Crippen molar-refractivity contribution in [3.05, 3.63) is 22.5 Å². The fraction of sp³-hybridized carbons (Fsp3) is 0.684. The van der Waals surface area contributed by atoms with Gasteiger partial charge in [0.15, 0.2) is 0 Å². The van der Waals surface area contributed by atoms with E-state index in [4.69, 9.17) is 0 Å². The Bertz CT molecular complexity index is 596. The lowest BCUT2D eigenvalue weighted by Crippen LogP contribution is -2.51. The van der Waals surface area contributed by atoms with Crippen LogP contribution < -0.4 is 5.32 Å². The number of hydrogen-bond donors (Lipinski definition) is 1. The highest BCUT2D eigenvalue weighted by Gasteiger charge is 2.56. The molecule has 1 heterocycles. The molecule has 1 aliphatic heterocycles. The lowest BCUT2D eigenvalue weighted by atomic mass is 9.45. The third-order valence-electron chi connectivity index (χ3n) is 6.70. The summed E-state index contributed by atoms with van der Waals surface area (Å²) in [6.45, 7) is 3.98. The molecule has 3 nitrogen and oxygen atoms in total. The highest BCUT2D eigenvalue weighted by Crippen LogP contribution is 2.65. The van der Waals surface area contributed by atoms with Crippen LogP contribution >= 0.6 is 0 Å². The first-order chi connectivity index (χ1) is 10.6. The van der Waals surface area contributed by atoms with Gasteiger partial charge in [-0.25, -0.2) is 0 Å². The summed E-state index contributed by atoms with van der Waals surface area (Å²) in [7, 11) is 0. The van der Waals surface area contributed by atoms with Crippen LogP contribution in [-0.2, 0) is 0 Å². The van der Waals surface area contributed by atoms with Crippen molar-refractivity contribution in [2.75, 3.05) is 0 Å². The molecular weight excluding hydrogens is 270 g/mol. The maximum Gasteiger partial charge on any atom is 0.0972 e. The molecule has 5 rings (SSSR count). The zero-order valence-electron chi connectivity index (χ0n) is 13.4. The van der Waals surface area contributed by atoms with E-state index in [0.29, 0.717) is 0 Å². The summed E-state index contributed by atoms with van der Waals surface area (Å²) in [6.07, 6.45) is 7.83. The van der Waals surface area contributed by atoms with Gasteiger partial charge in [-0.1, -0.05) is 0 Å². The van der Waals surface area contributed by atoms with Gasteiger partial charge in [0.25, 0.3) is 0 Å². The molecule has 0 spiro atoms. The zero-order chi connectivity index (χ0) is 15.5. The van der Waals surface area contributed by atoms with Crippen molar-refractivity contribution in [1.82, 2.24) is 5.32 Å². The lowest BCUT2D eigenvalue weighted by molar-refractivity contribution is -0.0705. The monoisotopic (exact) mass is 293 g/mol. The van der Waals surface area contributed by atoms with Gasteiger partial charge in [-0.05, 0) is 75.5 Å². The molecule has 0 atom stereocenters. The zero-order valence-corrected chi connectivity index (χ0v) is 13.4. The molecule has 4 bridgehead atoms. The van der Waals surface area contributed by atoms with Crippen molar-refractivity contribution in [3.8, 4) is 12.1 Å². The van der Waals surface area contributed by atoms with Crippen LogP contribution in [-0.4, -0.2) is 0 Å². The molecule has 0 amide bonds. The highest BCUT2D eigenvalue weighted by atomic mass is 14.9. The van der Waals surface area contributed by atoms with E-state index in [9.17, 15) is 10.5 Å². The number of nitriles is 2. The van der Waals surface area contributed by atoms with E-state index in [-0.39, 0.29) is 11.3 Å². The predicted octanol–water partition coefficient (Wildman–Crippen LogP) is 4.02. The molecule has 0 saturated heterocycles. The van der Waals surface area contributed by atoms with Gasteiger partial charge in [0.2, 0.25) is 0 Å². The molecule has 1 N–H and O–H groups in total. The summed E-state index contributed by atoms with van der Waals surface area (Å²) in [4.78, 5) is 0. The first-order valence-electron chi connectivity index (χ1n) is 8.55. The average molecular weight is 293 g/mol. The Morgan fingerprint density at radius 2 is 1.27 bits per heavy atom. The van der Waals surface area contributed by atoms with Crippen LogP contribution in [0.2, 0.25) is 0 Å². The second-order valence-corrected chi connectivity index (χ2v) is 8.14. The number of allylic oxidation sites excluding steroid dienone is 4. The molecule has 114 valence electrons. The molecule has 0 aromatic carbocycles. The van der Waals surface area contributed by atoms with E-state index in [1.807, 2.05) is 13.8 Å².